The fourth-order valence-electron chi connectivity index (χ4n) is 1.90. The van der Waals surface area contributed by atoms with Crippen molar-refractivity contribution in [2.24, 2.45) is 11.1 Å². The molecule has 1 saturated heterocycles. The van der Waals surface area contributed by atoms with E-state index in [1.807, 2.05) is 6.92 Å². The highest BCUT2D eigenvalue weighted by Crippen LogP contribution is 2.21. The number of nitrogens with two attached hydrogens (primary N) is 1. The van der Waals surface area contributed by atoms with E-state index in [1.165, 1.54) is 0 Å². The molecular formula is C13H23N3O3S. The molecule has 1 fully saturated rings. The van der Waals surface area contributed by atoms with Gasteiger partial charge in [-0.2, -0.15) is 0 Å². The molecule has 0 radical (unpaired) electrons. The number of thiocarbonyl (C=S) groups is 1. The molecule has 1 unspecified atom stereocenters. The summed E-state index contributed by atoms with van der Waals surface area (Å²) in [4.78, 5) is 25.9. The van der Waals surface area contributed by atoms with Crippen molar-refractivity contribution in [3.05, 3.63) is 0 Å². The average Bonchev–Trinajstić information content (AvgIpc) is 2.46. The van der Waals surface area contributed by atoms with Gasteiger partial charge in [0, 0.05) is 26.1 Å². The Morgan fingerprint density at radius 2 is 2.00 bits per heavy atom. The normalized spacial score (nSPS) is 18.2. The number of nitrogens with one attached hydrogen (secondary N) is 1. The Hall–Kier alpha value is -1.21. The van der Waals surface area contributed by atoms with E-state index < -0.39 is 5.41 Å². The minimum absolute atomic E-state index is 0.0297. The number of ether oxygens (including phenoxy) is 1. The number of morpholine rings is 1. The summed E-state index contributed by atoms with van der Waals surface area (Å²) < 4.78 is 5.19. The SMILES string of the molecule is CCC(C)(C(=O)NCCC(=O)N1CCOCC1)C(N)=S. The van der Waals surface area contributed by atoms with Crippen LogP contribution in [0.5, 0.6) is 0 Å². The lowest BCUT2D eigenvalue weighted by Gasteiger charge is -2.28. The molecule has 1 atom stereocenters. The Kier molecular flexibility index (Phi) is 6.35. The van der Waals surface area contributed by atoms with Gasteiger partial charge in [0.05, 0.1) is 23.6 Å². The van der Waals surface area contributed by atoms with Crippen LogP contribution in [0.1, 0.15) is 26.7 Å². The Morgan fingerprint density at radius 1 is 1.40 bits per heavy atom. The van der Waals surface area contributed by atoms with Gasteiger partial charge in [0.2, 0.25) is 11.8 Å². The van der Waals surface area contributed by atoms with Crippen LogP contribution in [0.25, 0.3) is 0 Å². The first-order valence-corrected chi connectivity index (χ1v) is 7.26. The standard InChI is InChI=1S/C13H23N3O3S/c1-3-13(2,11(14)20)12(18)15-5-4-10(17)16-6-8-19-9-7-16/h3-9H2,1-2H3,(H2,14,20)(H,15,18). The lowest BCUT2D eigenvalue weighted by atomic mass is 9.86. The summed E-state index contributed by atoms with van der Waals surface area (Å²) in [6.07, 6.45) is 0.814. The first kappa shape index (κ1) is 16.8. The lowest BCUT2D eigenvalue weighted by Crippen LogP contribution is -2.47. The average molecular weight is 301 g/mol. The van der Waals surface area contributed by atoms with Crippen molar-refractivity contribution in [3.63, 3.8) is 0 Å². The minimum atomic E-state index is -0.850. The van der Waals surface area contributed by atoms with Crippen molar-refractivity contribution in [3.8, 4) is 0 Å². The summed E-state index contributed by atoms with van der Waals surface area (Å²) in [6.45, 7) is 6.26. The van der Waals surface area contributed by atoms with Crippen LogP contribution < -0.4 is 11.1 Å². The third-order valence-electron chi connectivity index (χ3n) is 3.74. The summed E-state index contributed by atoms with van der Waals surface area (Å²) in [5.41, 5.74) is 4.76. The molecule has 114 valence electrons. The van der Waals surface area contributed by atoms with Crippen LogP contribution in [0.2, 0.25) is 0 Å². The third-order valence-corrected chi connectivity index (χ3v) is 4.19. The van der Waals surface area contributed by atoms with E-state index in [-0.39, 0.29) is 23.2 Å². The number of nitrogens with zero attached hydrogens (tertiary/aromatic N) is 1. The van der Waals surface area contributed by atoms with Gasteiger partial charge in [-0.25, -0.2) is 0 Å². The molecule has 0 aromatic heterocycles. The zero-order valence-corrected chi connectivity index (χ0v) is 12.9. The highest BCUT2D eigenvalue weighted by atomic mass is 32.1. The third kappa shape index (κ3) is 4.14. The lowest BCUT2D eigenvalue weighted by molar-refractivity contribution is -0.135. The molecule has 1 aliphatic heterocycles. The van der Waals surface area contributed by atoms with Gasteiger partial charge in [0.25, 0.3) is 0 Å². The molecule has 6 nitrogen and oxygen atoms in total. The molecule has 1 rings (SSSR count). The number of hydrogen-bond donors (Lipinski definition) is 2. The predicted molar refractivity (Wildman–Crippen MR) is 80.2 cm³/mol. The molecule has 1 aliphatic rings. The van der Waals surface area contributed by atoms with Crippen LogP contribution in [0, 0.1) is 5.41 Å². The number of carbonyl (C=O) groups is 2. The summed E-state index contributed by atoms with van der Waals surface area (Å²) in [6, 6.07) is 0. The maximum absolute atomic E-state index is 12.1. The second kappa shape index (κ2) is 7.54. The van der Waals surface area contributed by atoms with E-state index in [4.69, 9.17) is 22.7 Å². The molecule has 20 heavy (non-hydrogen) atoms. The van der Waals surface area contributed by atoms with Crippen molar-refractivity contribution in [2.75, 3.05) is 32.8 Å². The fourth-order valence-corrected chi connectivity index (χ4v) is 2.13. The van der Waals surface area contributed by atoms with Gasteiger partial charge < -0.3 is 20.7 Å². The zero-order chi connectivity index (χ0) is 15.2. The largest absolute Gasteiger partial charge is 0.392 e. The smallest absolute Gasteiger partial charge is 0.232 e. The first-order valence-electron chi connectivity index (χ1n) is 6.85. The molecule has 7 heteroatoms. The van der Waals surface area contributed by atoms with Crippen LogP contribution in [0.15, 0.2) is 0 Å². The van der Waals surface area contributed by atoms with Crippen molar-refractivity contribution in [1.29, 1.82) is 0 Å². The van der Waals surface area contributed by atoms with E-state index in [0.717, 1.165) is 0 Å². The molecule has 0 spiro atoms. The summed E-state index contributed by atoms with van der Waals surface area (Å²) in [7, 11) is 0. The maximum Gasteiger partial charge on any atom is 0.232 e. The fraction of sp³-hybridized carbons (Fsp3) is 0.769. The second-order valence-corrected chi connectivity index (χ2v) is 5.49. The van der Waals surface area contributed by atoms with Crippen molar-refractivity contribution >= 4 is 29.0 Å². The zero-order valence-electron chi connectivity index (χ0n) is 12.1. The van der Waals surface area contributed by atoms with Gasteiger partial charge in [-0.1, -0.05) is 19.1 Å². The van der Waals surface area contributed by atoms with Crippen molar-refractivity contribution < 1.29 is 14.3 Å². The number of rotatable bonds is 6. The summed E-state index contributed by atoms with van der Waals surface area (Å²) in [5.74, 6) is -0.190. The van der Waals surface area contributed by atoms with E-state index >= 15 is 0 Å². The summed E-state index contributed by atoms with van der Waals surface area (Å²) in [5, 5.41) is 2.74. The monoisotopic (exact) mass is 301 g/mol. The number of hydrogen-bond acceptors (Lipinski definition) is 4. The van der Waals surface area contributed by atoms with E-state index in [2.05, 4.69) is 5.32 Å². The van der Waals surface area contributed by atoms with E-state index in [0.29, 0.717) is 39.3 Å². The Labute approximate surface area is 125 Å². The maximum atomic E-state index is 12.1. The van der Waals surface area contributed by atoms with Crippen molar-refractivity contribution in [1.82, 2.24) is 10.2 Å². The number of amides is 2. The second-order valence-electron chi connectivity index (χ2n) is 5.05. The molecule has 2 amide bonds. The molecular weight excluding hydrogens is 278 g/mol. The van der Waals surface area contributed by atoms with Crippen LogP contribution in [0.4, 0.5) is 0 Å². The first-order chi connectivity index (χ1) is 9.41. The molecule has 0 aromatic rings. The van der Waals surface area contributed by atoms with Crippen LogP contribution in [-0.2, 0) is 14.3 Å². The molecule has 0 aliphatic carbocycles. The van der Waals surface area contributed by atoms with Gasteiger partial charge in [-0.3, -0.25) is 9.59 Å². The molecule has 0 bridgehead atoms. The van der Waals surface area contributed by atoms with Gasteiger partial charge in [0.15, 0.2) is 0 Å². The molecule has 3 N–H and O–H groups in total. The van der Waals surface area contributed by atoms with E-state index in [9.17, 15) is 9.59 Å². The van der Waals surface area contributed by atoms with Crippen LogP contribution in [0.3, 0.4) is 0 Å². The van der Waals surface area contributed by atoms with Crippen LogP contribution >= 0.6 is 12.2 Å². The highest BCUT2D eigenvalue weighted by Gasteiger charge is 2.34. The Bertz CT molecular complexity index is 383. The topological polar surface area (TPSA) is 84.7 Å². The van der Waals surface area contributed by atoms with Crippen molar-refractivity contribution in [2.45, 2.75) is 26.7 Å². The van der Waals surface area contributed by atoms with E-state index in [1.54, 1.807) is 11.8 Å². The summed E-state index contributed by atoms with van der Waals surface area (Å²) >= 11 is 4.94. The number of carbonyl (C=O) groups excluding carboxylic acids is 2. The molecule has 0 saturated carbocycles. The minimum Gasteiger partial charge on any atom is -0.392 e. The van der Waals surface area contributed by atoms with Gasteiger partial charge in [-0.15, -0.1) is 0 Å². The van der Waals surface area contributed by atoms with Crippen LogP contribution in [-0.4, -0.2) is 54.6 Å². The highest BCUT2D eigenvalue weighted by molar-refractivity contribution is 7.80. The Balaban J connectivity index is 2.37. The quantitative estimate of drug-likeness (QED) is 0.677. The molecule has 1 heterocycles. The van der Waals surface area contributed by atoms with Gasteiger partial charge in [0.1, 0.15) is 0 Å². The Morgan fingerprint density at radius 3 is 2.50 bits per heavy atom. The molecule has 0 aromatic carbocycles. The predicted octanol–water partition coefficient (Wildman–Crippen LogP) is 0.0539. The van der Waals surface area contributed by atoms with Gasteiger partial charge in [-0.05, 0) is 13.3 Å². The van der Waals surface area contributed by atoms with Gasteiger partial charge >= 0.3 is 0 Å².